The molecule has 2 rings (SSSR count). The van der Waals surface area contributed by atoms with E-state index in [9.17, 15) is 9.50 Å². The standard InChI is InChI=1S/C12H16FNO/c1-9-3-4-10(7-11(9)13)14-8-12(15)5-2-6-12/h3-4,7,14-15H,2,5-6,8H2,1H3. The van der Waals surface area contributed by atoms with E-state index in [-0.39, 0.29) is 5.82 Å². The van der Waals surface area contributed by atoms with Crippen LogP contribution in [0.2, 0.25) is 0 Å². The highest BCUT2D eigenvalue weighted by molar-refractivity contribution is 5.45. The zero-order valence-electron chi connectivity index (χ0n) is 8.89. The van der Waals surface area contributed by atoms with Crippen LogP contribution in [0.3, 0.4) is 0 Å². The van der Waals surface area contributed by atoms with Gasteiger partial charge in [0.1, 0.15) is 5.82 Å². The molecular formula is C12H16FNO. The molecule has 0 heterocycles. The molecule has 1 aromatic carbocycles. The van der Waals surface area contributed by atoms with Crippen molar-refractivity contribution < 1.29 is 9.50 Å². The molecule has 2 N–H and O–H groups in total. The Morgan fingerprint density at radius 2 is 2.20 bits per heavy atom. The number of aryl methyl sites for hydroxylation is 1. The fourth-order valence-electron chi connectivity index (χ4n) is 1.73. The van der Waals surface area contributed by atoms with Gasteiger partial charge < -0.3 is 10.4 Å². The molecule has 0 unspecified atom stereocenters. The maximum atomic E-state index is 13.2. The lowest BCUT2D eigenvalue weighted by Crippen LogP contribution is -2.43. The van der Waals surface area contributed by atoms with Gasteiger partial charge in [-0.05, 0) is 43.9 Å². The molecule has 0 spiro atoms. The molecular weight excluding hydrogens is 193 g/mol. The maximum absolute atomic E-state index is 13.2. The third-order valence-corrected chi connectivity index (χ3v) is 3.08. The van der Waals surface area contributed by atoms with E-state index in [1.54, 1.807) is 13.0 Å². The molecule has 0 aliphatic heterocycles. The molecule has 0 atom stereocenters. The average molecular weight is 209 g/mol. The van der Waals surface area contributed by atoms with E-state index in [0.29, 0.717) is 12.1 Å². The summed E-state index contributed by atoms with van der Waals surface area (Å²) in [5.41, 5.74) is 0.808. The first-order valence-corrected chi connectivity index (χ1v) is 5.31. The van der Waals surface area contributed by atoms with Crippen LogP contribution in [0.5, 0.6) is 0 Å². The summed E-state index contributed by atoms with van der Waals surface area (Å²) in [7, 11) is 0. The molecule has 2 nitrogen and oxygen atoms in total. The normalized spacial score (nSPS) is 18.3. The molecule has 15 heavy (non-hydrogen) atoms. The quantitative estimate of drug-likeness (QED) is 0.801. The highest BCUT2D eigenvalue weighted by atomic mass is 19.1. The molecule has 0 saturated heterocycles. The van der Waals surface area contributed by atoms with E-state index in [1.807, 2.05) is 6.07 Å². The Morgan fingerprint density at radius 3 is 2.73 bits per heavy atom. The fourth-order valence-corrected chi connectivity index (χ4v) is 1.73. The summed E-state index contributed by atoms with van der Waals surface area (Å²) < 4.78 is 13.2. The maximum Gasteiger partial charge on any atom is 0.128 e. The van der Waals surface area contributed by atoms with Crippen LogP contribution in [0.1, 0.15) is 24.8 Å². The summed E-state index contributed by atoms with van der Waals surface area (Å²) in [4.78, 5) is 0. The number of anilines is 1. The van der Waals surface area contributed by atoms with Gasteiger partial charge in [0, 0.05) is 12.2 Å². The van der Waals surface area contributed by atoms with Gasteiger partial charge in [-0.15, -0.1) is 0 Å². The monoisotopic (exact) mass is 209 g/mol. The lowest BCUT2D eigenvalue weighted by Gasteiger charge is -2.36. The summed E-state index contributed by atoms with van der Waals surface area (Å²) in [5.74, 6) is -0.208. The predicted molar refractivity (Wildman–Crippen MR) is 58.4 cm³/mol. The number of halogens is 1. The SMILES string of the molecule is Cc1ccc(NCC2(O)CCC2)cc1F. The molecule has 0 bridgehead atoms. The van der Waals surface area contributed by atoms with Crippen molar-refractivity contribution in [3.63, 3.8) is 0 Å². The summed E-state index contributed by atoms with van der Waals surface area (Å²) in [6.45, 7) is 2.24. The zero-order chi connectivity index (χ0) is 10.9. The Labute approximate surface area is 89.1 Å². The predicted octanol–water partition coefficient (Wildman–Crippen LogP) is 2.46. The van der Waals surface area contributed by atoms with E-state index in [1.165, 1.54) is 6.07 Å². The summed E-state index contributed by atoms with van der Waals surface area (Å²) in [5, 5.41) is 12.9. The Balaban J connectivity index is 1.96. The van der Waals surface area contributed by atoms with Gasteiger partial charge in [0.25, 0.3) is 0 Å². The second kappa shape index (κ2) is 3.81. The number of rotatable bonds is 3. The molecule has 0 aromatic heterocycles. The van der Waals surface area contributed by atoms with E-state index in [4.69, 9.17) is 0 Å². The van der Waals surface area contributed by atoms with Crippen LogP contribution in [0.25, 0.3) is 0 Å². The molecule has 1 fully saturated rings. The van der Waals surface area contributed by atoms with Gasteiger partial charge in [0.15, 0.2) is 0 Å². The van der Waals surface area contributed by atoms with Crippen molar-refractivity contribution >= 4 is 5.69 Å². The van der Waals surface area contributed by atoms with Crippen LogP contribution < -0.4 is 5.32 Å². The van der Waals surface area contributed by atoms with E-state index >= 15 is 0 Å². The Bertz CT molecular complexity index is 361. The minimum Gasteiger partial charge on any atom is -0.388 e. The number of hydrogen-bond acceptors (Lipinski definition) is 2. The minimum atomic E-state index is -0.568. The highest BCUT2D eigenvalue weighted by Gasteiger charge is 2.33. The summed E-state index contributed by atoms with van der Waals surface area (Å²) >= 11 is 0. The second-order valence-corrected chi connectivity index (χ2v) is 4.40. The number of nitrogens with one attached hydrogen (secondary N) is 1. The van der Waals surface area contributed by atoms with Gasteiger partial charge in [0.05, 0.1) is 5.60 Å². The van der Waals surface area contributed by atoms with Gasteiger partial charge in [-0.1, -0.05) is 6.07 Å². The van der Waals surface area contributed by atoms with E-state index < -0.39 is 5.60 Å². The third kappa shape index (κ3) is 2.29. The van der Waals surface area contributed by atoms with Crippen molar-refractivity contribution in [2.45, 2.75) is 31.8 Å². The Kier molecular flexibility index (Phi) is 2.65. The smallest absolute Gasteiger partial charge is 0.128 e. The van der Waals surface area contributed by atoms with Crippen LogP contribution in [-0.2, 0) is 0 Å². The summed E-state index contributed by atoms with van der Waals surface area (Å²) in [6.07, 6.45) is 2.77. The van der Waals surface area contributed by atoms with Crippen molar-refractivity contribution in [2.24, 2.45) is 0 Å². The molecule has 82 valence electrons. The van der Waals surface area contributed by atoms with Gasteiger partial charge in [-0.25, -0.2) is 4.39 Å². The average Bonchev–Trinajstić information content (AvgIpc) is 2.17. The van der Waals surface area contributed by atoms with Crippen molar-refractivity contribution in [2.75, 3.05) is 11.9 Å². The Hall–Kier alpha value is -1.09. The van der Waals surface area contributed by atoms with Gasteiger partial charge >= 0.3 is 0 Å². The molecule has 3 heteroatoms. The zero-order valence-corrected chi connectivity index (χ0v) is 8.89. The van der Waals surface area contributed by atoms with E-state index in [2.05, 4.69) is 5.32 Å². The topological polar surface area (TPSA) is 32.3 Å². The molecule has 1 aliphatic carbocycles. The first-order chi connectivity index (χ1) is 7.09. The van der Waals surface area contributed by atoms with Crippen LogP contribution in [-0.4, -0.2) is 17.3 Å². The van der Waals surface area contributed by atoms with Crippen molar-refractivity contribution in [3.8, 4) is 0 Å². The summed E-state index contributed by atoms with van der Waals surface area (Å²) in [6, 6.07) is 5.04. The molecule has 1 saturated carbocycles. The minimum absolute atomic E-state index is 0.208. The first-order valence-electron chi connectivity index (χ1n) is 5.31. The number of benzene rings is 1. The Morgan fingerprint density at radius 1 is 1.47 bits per heavy atom. The van der Waals surface area contributed by atoms with Crippen molar-refractivity contribution in [3.05, 3.63) is 29.6 Å². The van der Waals surface area contributed by atoms with Crippen LogP contribution in [0.4, 0.5) is 10.1 Å². The molecule has 1 aromatic rings. The lowest BCUT2D eigenvalue weighted by atomic mass is 9.80. The largest absolute Gasteiger partial charge is 0.388 e. The first kappa shape index (κ1) is 10.4. The molecule has 0 amide bonds. The van der Waals surface area contributed by atoms with E-state index in [0.717, 1.165) is 24.9 Å². The second-order valence-electron chi connectivity index (χ2n) is 4.40. The lowest BCUT2D eigenvalue weighted by molar-refractivity contribution is -0.0202. The fraction of sp³-hybridized carbons (Fsp3) is 0.500. The molecule has 0 radical (unpaired) electrons. The number of aliphatic hydroxyl groups is 1. The van der Waals surface area contributed by atoms with Crippen molar-refractivity contribution in [1.82, 2.24) is 0 Å². The van der Waals surface area contributed by atoms with Crippen LogP contribution in [0.15, 0.2) is 18.2 Å². The molecule has 1 aliphatic rings. The van der Waals surface area contributed by atoms with Crippen molar-refractivity contribution in [1.29, 1.82) is 0 Å². The van der Waals surface area contributed by atoms with Gasteiger partial charge in [-0.2, -0.15) is 0 Å². The number of hydrogen-bond donors (Lipinski definition) is 2. The van der Waals surface area contributed by atoms with Gasteiger partial charge in [0.2, 0.25) is 0 Å². The third-order valence-electron chi connectivity index (χ3n) is 3.08. The van der Waals surface area contributed by atoms with Gasteiger partial charge in [-0.3, -0.25) is 0 Å². The highest BCUT2D eigenvalue weighted by Crippen LogP contribution is 2.31. The van der Waals surface area contributed by atoms with Crippen LogP contribution >= 0.6 is 0 Å². The van der Waals surface area contributed by atoms with Crippen LogP contribution in [0, 0.1) is 12.7 Å².